The van der Waals surface area contributed by atoms with E-state index in [0.29, 0.717) is 37.1 Å². The molecule has 1 amide bonds. The highest BCUT2D eigenvalue weighted by Gasteiger charge is 2.41. The van der Waals surface area contributed by atoms with Crippen molar-refractivity contribution in [1.82, 2.24) is 10.3 Å². The molecule has 10 heteroatoms. The summed E-state index contributed by atoms with van der Waals surface area (Å²) >= 11 is 5.87. The average Bonchev–Trinajstić information content (AvgIpc) is 3.38. The largest absolute Gasteiger partial charge is 0.418 e. The number of ketones is 1. The van der Waals surface area contributed by atoms with Crippen LogP contribution >= 0.6 is 11.6 Å². The number of nitrogens with zero attached hydrogens (tertiary/aromatic N) is 1. The third-order valence-corrected chi connectivity index (χ3v) is 6.82. The lowest BCUT2D eigenvalue weighted by Crippen LogP contribution is -2.41. The number of nitrogens with one attached hydrogen (secondary N) is 2. The van der Waals surface area contributed by atoms with Gasteiger partial charge >= 0.3 is 6.18 Å². The van der Waals surface area contributed by atoms with E-state index in [-0.39, 0.29) is 42.1 Å². The zero-order valence-corrected chi connectivity index (χ0v) is 21.2. The minimum Gasteiger partial charge on any atom is -0.380 e. The molecule has 1 aliphatic heterocycles. The molecule has 1 aliphatic rings. The van der Waals surface area contributed by atoms with Crippen molar-refractivity contribution in [2.24, 2.45) is 5.41 Å². The van der Waals surface area contributed by atoms with Gasteiger partial charge in [-0.1, -0.05) is 35.9 Å². The number of amides is 1. The first kappa shape index (κ1) is 27.6. The summed E-state index contributed by atoms with van der Waals surface area (Å²) in [6.07, 6.45) is -1.11. The number of Topliss-reactive ketones (excluding diaryl/α,β-unsaturated/α-hetero) is 1. The molecule has 2 heterocycles. The number of aromatic nitrogens is 1. The lowest BCUT2D eigenvalue weighted by atomic mass is 9.80. The van der Waals surface area contributed by atoms with E-state index in [2.05, 4.69) is 15.6 Å². The molecule has 200 valence electrons. The second-order valence-corrected chi connectivity index (χ2v) is 9.66. The molecule has 0 aliphatic carbocycles. The van der Waals surface area contributed by atoms with E-state index in [1.165, 1.54) is 30.5 Å². The predicted molar refractivity (Wildman–Crippen MR) is 138 cm³/mol. The Labute approximate surface area is 223 Å². The molecule has 1 fully saturated rings. The molecule has 2 aromatic carbocycles. The predicted octanol–water partition coefficient (Wildman–Crippen LogP) is 6.57. The van der Waals surface area contributed by atoms with Crippen LogP contribution in [0.2, 0.25) is 5.15 Å². The average molecular weight is 546 g/mol. The van der Waals surface area contributed by atoms with Gasteiger partial charge in [-0.15, -0.1) is 0 Å². The fraction of sp³-hybridized carbons (Fsp3) is 0.321. The number of hydrogen-bond donors (Lipinski definition) is 2. The molecule has 0 radical (unpaired) electrons. The Kier molecular flexibility index (Phi) is 8.69. The summed E-state index contributed by atoms with van der Waals surface area (Å²) in [6.45, 7) is 1.02. The van der Waals surface area contributed by atoms with Crippen molar-refractivity contribution < 1.29 is 27.5 Å². The highest BCUT2D eigenvalue weighted by molar-refractivity contribution is 6.29. The van der Waals surface area contributed by atoms with Crippen LogP contribution < -0.4 is 10.6 Å². The highest BCUT2D eigenvalue weighted by atomic mass is 35.5. The Hall–Kier alpha value is -3.43. The van der Waals surface area contributed by atoms with Gasteiger partial charge in [0.15, 0.2) is 5.78 Å². The van der Waals surface area contributed by atoms with Gasteiger partial charge < -0.3 is 15.4 Å². The third kappa shape index (κ3) is 6.90. The minimum atomic E-state index is -4.46. The topological polar surface area (TPSA) is 80.3 Å². The molecule has 0 saturated carbocycles. The number of ether oxygens (including phenoxy) is 1. The van der Waals surface area contributed by atoms with E-state index in [0.717, 1.165) is 11.6 Å². The summed E-state index contributed by atoms with van der Waals surface area (Å²) in [6, 6.07) is 15.3. The van der Waals surface area contributed by atoms with E-state index >= 15 is 0 Å². The molecular weight excluding hydrogens is 519 g/mol. The van der Waals surface area contributed by atoms with Gasteiger partial charge in [-0.3, -0.25) is 9.59 Å². The van der Waals surface area contributed by atoms with Crippen molar-refractivity contribution in [2.75, 3.05) is 18.5 Å². The first-order valence-electron chi connectivity index (χ1n) is 12.2. The smallest absolute Gasteiger partial charge is 0.380 e. The number of alkyl halides is 3. The Balaban J connectivity index is 1.31. The maximum Gasteiger partial charge on any atom is 0.418 e. The number of benzene rings is 2. The fourth-order valence-corrected chi connectivity index (χ4v) is 4.65. The van der Waals surface area contributed by atoms with Gasteiger partial charge in [0.25, 0.3) is 0 Å². The van der Waals surface area contributed by atoms with Gasteiger partial charge in [0.2, 0.25) is 5.91 Å². The fourth-order valence-electron chi connectivity index (χ4n) is 4.48. The third-order valence-electron chi connectivity index (χ3n) is 6.61. The molecule has 2 N–H and O–H groups in total. The number of pyridine rings is 1. The molecule has 38 heavy (non-hydrogen) atoms. The SMILES string of the molecule is O=C(CCCC1(C(=O)NCc2ccc(Nc3ccccc3C(F)(F)F)cc2)CCOC1)c1ccnc(Cl)c1. The maximum atomic E-state index is 13.2. The van der Waals surface area contributed by atoms with Crippen LogP contribution in [0.1, 0.15) is 47.2 Å². The van der Waals surface area contributed by atoms with Crippen LogP contribution in [0.15, 0.2) is 66.9 Å². The van der Waals surface area contributed by atoms with Gasteiger partial charge in [-0.25, -0.2) is 4.98 Å². The zero-order valence-electron chi connectivity index (χ0n) is 20.5. The van der Waals surface area contributed by atoms with Gasteiger partial charge in [0, 0.05) is 37.0 Å². The maximum absolute atomic E-state index is 13.2. The molecule has 4 rings (SSSR count). The summed E-state index contributed by atoms with van der Waals surface area (Å²) in [5, 5.41) is 6.02. The molecule has 1 aromatic heterocycles. The summed E-state index contributed by atoms with van der Waals surface area (Å²) in [5.74, 6) is -0.203. The lowest BCUT2D eigenvalue weighted by Gasteiger charge is -2.26. The minimum absolute atomic E-state index is 0.0326. The van der Waals surface area contributed by atoms with Crippen molar-refractivity contribution in [3.63, 3.8) is 0 Å². The van der Waals surface area contributed by atoms with Crippen molar-refractivity contribution in [2.45, 2.75) is 38.4 Å². The molecular formula is C28H27ClF3N3O3. The second-order valence-electron chi connectivity index (χ2n) is 9.27. The van der Waals surface area contributed by atoms with Crippen molar-refractivity contribution in [1.29, 1.82) is 0 Å². The van der Waals surface area contributed by atoms with Crippen LogP contribution in [-0.4, -0.2) is 29.9 Å². The lowest BCUT2D eigenvalue weighted by molar-refractivity contribution is -0.137. The Morgan fingerprint density at radius 2 is 1.84 bits per heavy atom. The quantitative estimate of drug-likeness (QED) is 0.222. The monoisotopic (exact) mass is 545 g/mol. The first-order chi connectivity index (χ1) is 18.2. The Morgan fingerprint density at radius 1 is 1.08 bits per heavy atom. The van der Waals surface area contributed by atoms with Crippen LogP contribution in [0.4, 0.5) is 24.5 Å². The van der Waals surface area contributed by atoms with E-state index in [9.17, 15) is 22.8 Å². The number of rotatable bonds is 10. The zero-order chi connectivity index (χ0) is 27.2. The molecule has 1 saturated heterocycles. The molecule has 3 aromatic rings. The molecule has 0 spiro atoms. The van der Waals surface area contributed by atoms with E-state index in [1.807, 2.05) is 0 Å². The van der Waals surface area contributed by atoms with E-state index < -0.39 is 17.2 Å². The standard InChI is InChI=1S/C28H27ClF3N3O3/c29-25-16-20(11-14-33-25)24(36)6-3-12-27(13-15-38-18-27)26(37)34-17-19-7-9-21(10-8-19)35-23-5-2-1-4-22(23)28(30,31)32/h1-2,4-5,7-11,14,16,35H,3,6,12-13,15,17-18H2,(H,34,37). The molecule has 6 nitrogen and oxygen atoms in total. The van der Waals surface area contributed by atoms with E-state index in [4.69, 9.17) is 16.3 Å². The summed E-state index contributed by atoms with van der Waals surface area (Å²) in [7, 11) is 0. The molecule has 1 unspecified atom stereocenters. The van der Waals surface area contributed by atoms with Crippen molar-refractivity contribution >= 4 is 34.7 Å². The van der Waals surface area contributed by atoms with Crippen LogP contribution in [0, 0.1) is 5.41 Å². The number of hydrogen-bond acceptors (Lipinski definition) is 5. The molecule has 0 bridgehead atoms. The van der Waals surface area contributed by atoms with Crippen LogP contribution in [0.25, 0.3) is 0 Å². The van der Waals surface area contributed by atoms with Crippen LogP contribution in [0.3, 0.4) is 0 Å². The van der Waals surface area contributed by atoms with Crippen molar-refractivity contribution in [3.8, 4) is 0 Å². The Bertz CT molecular complexity index is 1280. The van der Waals surface area contributed by atoms with Crippen molar-refractivity contribution in [3.05, 3.63) is 88.7 Å². The number of para-hydroxylation sites is 1. The summed E-state index contributed by atoms with van der Waals surface area (Å²) in [4.78, 5) is 29.5. The second kappa shape index (κ2) is 12.0. The normalized spacial score (nSPS) is 17.3. The summed E-state index contributed by atoms with van der Waals surface area (Å²) in [5.41, 5.74) is 0.302. The van der Waals surface area contributed by atoms with Gasteiger partial charge in [-0.05, 0) is 61.2 Å². The molecule has 1 atom stereocenters. The number of anilines is 2. The number of halogens is 4. The summed E-state index contributed by atoms with van der Waals surface area (Å²) < 4.78 is 45.3. The highest BCUT2D eigenvalue weighted by Crippen LogP contribution is 2.36. The first-order valence-corrected chi connectivity index (χ1v) is 12.6. The van der Waals surface area contributed by atoms with Gasteiger partial charge in [0.1, 0.15) is 5.15 Å². The Morgan fingerprint density at radius 3 is 2.53 bits per heavy atom. The van der Waals surface area contributed by atoms with Crippen LogP contribution in [0.5, 0.6) is 0 Å². The van der Waals surface area contributed by atoms with Crippen LogP contribution in [-0.2, 0) is 22.3 Å². The number of carbonyl (C=O) groups excluding carboxylic acids is 2. The van der Waals surface area contributed by atoms with Gasteiger partial charge in [-0.2, -0.15) is 13.2 Å². The number of carbonyl (C=O) groups is 2. The van der Waals surface area contributed by atoms with Gasteiger partial charge in [0.05, 0.1) is 23.3 Å². The van der Waals surface area contributed by atoms with E-state index in [1.54, 1.807) is 30.3 Å².